The van der Waals surface area contributed by atoms with Crippen LogP contribution in [0.15, 0.2) is 30.7 Å². The van der Waals surface area contributed by atoms with Gasteiger partial charge in [0, 0.05) is 6.07 Å². The van der Waals surface area contributed by atoms with Crippen LogP contribution in [0.1, 0.15) is 0 Å². The van der Waals surface area contributed by atoms with Crippen molar-refractivity contribution < 1.29 is 22.5 Å². The first-order valence-electron chi connectivity index (χ1n) is 6.34. The molecule has 10 heteroatoms. The summed E-state index contributed by atoms with van der Waals surface area (Å²) in [6.45, 7) is 0. The first kappa shape index (κ1) is 15.0. The van der Waals surface area contributed by atoms with Gasteiger partial charge in [0.05, 0.1) is 25.1 Å². The van der Waals surface area contributed by atoms with Gasteiger partial charge in [-0.05, 0) is 12.1 Å². The monoisotopic (exact) mass is 336 g/mol. The lowest BCUT2D eigenvalue weighted by Gasteiger charge is -2.08. The van der Waals surface area contributed by atoms with E-state index in [0.717, 1.165) is 11.0 Å². The molecule has 120 valence electrons. The third-order valence-electron chi connectivity index (χ3n) is 2.92. The summed E-state index contributed by atoms with van der Waals surface area (Å²) < 4.78 is 33.2. The van der Waals surface area contributed by atoms with Crippen molar-refractivity contribution in [3.63, 3.8) is 0 Å². The van der Waals surface area contributed by atoms with Crippen molar-refractivity contribution in [2.75, 3.05) is 13.4 Å². The van der Waals surface area contributed by atoms with Crippen molar-refractivity contribution in [1.82, 2.24) is 19.7 Å². The lowest BCUT2D eigenvalue weighted by molar-refractivity contribution is 0.183. The molecule has 9 nitrogen and oxygen atoms in total. The standard InChI is InChI=1S/C13H12N4O5S/c1-21-11-5-8(22-23(2,19)20)3-4-9(11)12-15-10-6-14-7-17(18)13(10)16-12/h3-7,18H,1-2H3. The van der Waals surface area contributed by atoms with Crippen LogP contribution in [-0.4, -0.2) is 46.7 Å². The van der Waals surface area contributed by atoms with E-state index in [-0.39, 0.29) is 11.6 Å². The SMILES string of the molecule is COc1cc(OS(C)(=O)=O)ccc1-c1nc2cncn(O)c-2n1. The van der Waals surface area contributed by atoms with Crippen molar-refractivity contribution in [3.05, 3.63) is 30.7 Å². The fourth-order valence-corrected chi connectivity index (χ4v) is 2.48. The lowest BCUT2D eigenvalue weighted by atomic mass is 10.2. The number of hydrogen-bond acceptors (Lipinski definition) is 8. The minimum atomic E-state index is -3.64. The molecule has 0 atom stereocenters. The molecule has 1 N–H and O–H groups in total. The third kappa shape index (κ3) is 3.01. The number of rotatable bonds is 4. The molecular formula is C13H12N4O5S. The van der Waals surface area contributed by atoms with E-state index < -0.39 is 10.1 Å². The zero-order chi connectivity index (χ0) is 16.6. The topological polar surface area (TPSA) is 116 Å². The predicted molar refractivity (Wildman–Crippen MR) is 79.1 cm³/mol. The fourth-order valence-electron chi connectivity index (χ4n) is 2.03. The normalized spacial score (nSPS) is 11.6. The number of nitrogens with zero attached hydrogens (tertiary/aromatic N) is 4. The highest BCUT2D eigenvalue weighted by atomic mass is 32.2. The maximum Gasteiger partial charge on any atom is 0.306 e. The number of aromatic nitrogens is 4. The summed E-state index contributed by atoms with van der Waals surface area (Å²) in [5.74, 6) is 0.995. The Hall–Kier alpha value is -2.88. The highest BCUT2D eigenvalue weighted by molar-refractivity contribution is 7.86. The number of fused-ring (bicyclic) bond motifs is 1. The molecule has 1 aromatic rings. The summed E-state index contributed by atoms with van der Waals surface area (Å²) in [5, 5.41) is 9.66. The minimum absolute atomic E-state index is 0.114. The van der Waals surface area contributed by atoms with Gasteiger partial charge in [-0.25, -0.2) is 15.0 Å². The van der Waals surface area contributed by atoms with Crippen LogP contribution in [0.3, 0.4) is 0 Å². The maximum absolute atomic E-state index is 11.2. The average Bonchev–Trinajstić information content (AvgIpc) is 2.90. The molecule has 2 aliphatic rings. The van der Waals surface area contributed by atoms with Crippen LogP contribution in [0, 0.1) is 0 Å². The van der Waals surface area contributed by atoms with E-state index >= 15 is 0 Å². The summed E-state index contributed by atoms with van der Waals surface area (Å²) >= 11 is 0. The molecule has 2 heterocycles. The first-order chi connectivity index (χ1) is 10.9. The number of ether oxygens (including phenoxy) is 1. The van der Waals surface area contributed by atoms with Gasteiger partial charge < -0.3 is 14.1 Å². The lowest BCUT2D eigenvalue weighted by Crippen LogP contribution is -2.05. The molecule has 3 rings (SSSR count). The van der Waals surface area contributed by atoms with E-state index in [0.29, 0.717) is 22.8 Å². The van der Waals surface area contributed by atoms with Crippen LogP contribution in [-0.2, 0) is 10.1 Å². The Balaban J connectivity index is 2.08. The summed E-state index contributed by atoms with van der Waals surface area (Å²) in [6.07, 6.45) is 3.61. The number of imidazole rings is 1. The molecule has 1 aromatic carbocycles. The molecule has 0 unspecified atom stereocenters. The second-order valence-electron chi connectivity index (χ2n) is 4.64. The Kier molecular flexibility index (Phi) is 3.52. The van der Waals surface area contributed by atoms with E-state index in [1.165, 1.54) is 31.8 Å². The smallest absolute Gasteiger partial charge is 0.306 e. The van der Waals surface area contributed by atoms with E-state index in [4.69, 9.17) is 8.92 Å². The summed E-state index contributed by atoms with van der Waals surface area (Å²) in [5.41, 5.74) is 0.924. The quantitative estimate of drug-likeness (QED) is 0.554. The van der Waals surface area contributed by atoms with Gasteiger partial charge in [-0.3, -0.25) is 0 Å². The highest BCUT2D eigenvalue weighted by Crippen LogP contribution is 2.34. The zero-order valence-electron chi connectivity index (χ0n) is 12.2. The van der Waals surface area contributed by atoms with Crippen LogP contribution in [0.2, 0.25) is 0 Å². The van der Waals surface area contributed by atoms with Gasteiger partial charge >= 0.3 is 10.1 Å². The number of methoxy groups -OCH3 is 1. The Morgan fingerprint density at radius 3 is 2.70 bits per heavy atom. The molecule has 0 fully saturated rings. The molecule has 0 spiro atoms. The molecule has 0 saturated carbocycles. The van der Waals surface area contributed by atoms with Gasteiger partial charge in [-0.1, -0.05) is 0 Å². The molecule has 0 bridgehead atoms. The second kappa shape index (κ2) is 5.39. The summed E-state index contributed by atoms with van der Waals surface area (Å²) in [6, 6.07) is 4.45. The molecule has 0 amide bonds. The van der Waals surface area contributed by atoms with E-state index in [2.05, 4.69) is 15.0 Å². The third-order valence-corrected chi connectivity index (χ3v) is 3.41. The minimum Gasteiger partial charge on any atom is -0.496 e. The van der Waals surface area contributed by atoms with Crippen LogP contribution >= 0.6 is 0 Å². The Morgan fingerprint density at radius 1 is 1.26 bits per heavy atom. The number of hydrogen-bond donors (Lipinski definition) is 1. The zero-order valence-corrected chi connectivity index (χ0v) is 13.0. The molecule has 0 radical (unpaired) electrons. The van der Waals surface area contributed by atoms with Gasteiger partial charge in [0.15, 0.2) is 11.6 Å². The average molecular weight is 336 g/mol. The van der Waals surface area contributed by atoms with Gasteiger partial charge in [-0.2, -0.15) is 13.1 Å². The number of benzene rings is 1. The highest BCUT2D eigenvalue weighted by Gasteiger charge is 2.19. The van der Waals surface area contributed by atoms with Crippen LogP contribution in [0.25, 0.3) is 22.9 Å². The van der Waals surface area contributed by atoms with Crippen molar-refractivity contribution in [3.8, 4) is 34.4 Å². The van der Waals surface area contributed by atoms with E-state index in [1.54, 1.807) is 6.07 Å². The van der Waals surface area contributed by atoms with E-state index in [9.17, 15) is 13.6 Å². The predicted octanol–water partition coefficient (Wildman–Crippen LogP) is 1.03. The molecule has 23 heavy (non-hydrogen) atoms. The van der Waals surface area contributed by atoms with Crippen LogP contribution < -0.4 is 8.92 Å². The van der Waals surface area contributed by atoms with Crippen molar-refractivity contribution in [2.45, 2.75) is 0 Å². The fraction of sp³-hybridized carbons (Fsp3) is 0.154. The molecule has 0 aromatic heterocycles. The molecule has 2 aliphatic heterocycles. The van der Waals surface area contributed by atoms with Gasteiger partial charge in [0.1, 0.15) is 23.5 Å². The maximum atomic E-state index is 11.2. The van der Waals surface area contributed by atoms with Gasteiger partial charge in [-0.15, -0.1) is 0 Å². The Bertz CT molecular complexity index is 937. The van der Waals surface area contributed by atoms with Crippen molar-refractivity contribution in [2.24, 2.45) is 0 Å². The first-order valence-corrected chi connectivity index (χ1v) is 8.16. The summed E-state index contributed by atoms with van der Waals surface area (Å²) in [4.78, 5) is 12.3. The van der Waals surface area contributed by atoms with Crippen molar-refractivity contribution in [1.29, 1.82) is 0 Å². The molecular weight excluding hydrogens is 324 g/mol. The Morgan fingerprint density at radius 2 is 2.04 bits per heavy atom. The second-order valence-corrected chi connectivity index (χ2v) is 6.22. The van der Waals surface area contributed by atoms with Crippen LogP contribution in [0.5, 0.6) is 11.5 Å². The molecule has 0 saturated heterocycles. The van der Waals surface area contributed by atoms with Gasteiger partial charge in [0.25, 0.3) is 0 Å². The largest absolute Gasteiger partial charge is 0.496 e. The van der Waals surface area contributed by atoms with Crippen LogP contribution in [0.4, 0.5) is 0 Å². The van der Waals surface area contributed by atoms with E-state index in [1.807, 2.05) is 0 Å². The van der Waals surface area contributed by atoms with Crippen molar-refractivity contribution >= 4 is 10.1 Å². The summed E-state index contributed by atoms with van der Waals surface area (Å²) in [7, 11) is -2.21. The Labute approximate surface area is 131 Å². The molecule has 0 aliphatic carbocycles. The van der Waals surface area contributed by atoms with Gasteiger partial charge in [0.2, 0.25) is 0 Å².